The molecule has 0 fully saturated rings. The monoisotopic (exact) mass is 244 g/mol. The van der Waals surface area contributed by atoms with Crippen LogP contribution in [0.3, 0.4) is 0 Å². The predicted octanol–water partition coefficient (Wildman–Crippen LogP) is 2.14. The first-order chi connectivity index (χ1) is 8.63. The maximum atomic E-state index is 9.38. The quantitative estimate of drug-likeness (QED) is 0.880. The van der Waals surface area contributed by atoms with Crippen LogP contribution in [-0.2, 0) is 6.61 Å². The lowest BCUT2D eigenvalue weighted by atomic mass is 9.94. The van der Waals surface area contributed by atoms with Crippen molar-refractivity contribution < 1.29 is 9.84 Å². The summed E-state index contributed by atoms with van der Waals surface area (Å²) in [5.74, 6) is 0.907. The number of hydrogen-bond donors (Lipinski definition) is 1. The molecule has 0 bridgehead atoms. The van der Waals surface area contributed by atoms with Crippen LogP contribution in [0.5, 0.6) is 5.75 Å². The van der Waals surface area contributed by atoms with Gasteiger partial charge >= 0.3 is 0 Å². The van der Waals surface area contributed by atoms with Crippen LogP contribution in [-0.4, -0.2) is 20.3 Å². The van der Waals surface area contributed by atoms with Gasteiger partial charge in [-0.2, -0.15) is 0 Å². The maximum absolute atomic E-state index is 9.38. The predicted molar refractivity (Wildman–Crippen MR) is 67.4 cm³/mol. The van der Waals surface area contributed by atoms with E-state index < -0.39 is 0 Å². The molecule has 2 heterocycles. The third-order valence-electron chi connectivity index (χ3n) is 3.43. The van der Waals surface area contributed by atoms with Gasteiger partial charge < -0.3 is 14.4 Å². The van der Waals surface area contributed by atoms with Crippen molar-refractivity contribution in [3.8, 4) is 5.75 Å². The number of rotatable bonds is 2. The van der Waals surface area contributed by atoms with Gasteiger partial charge in [-0.25, -0.2) is 4.98 Å². The molecule has 1 aromatic carbocycles. The van der Waals surface area contributed by atoms with Crippen molar-refractivity contribution in [2.75, 3.05) is 0 Å². The lowest BCUT2D eigenvalue weighted by molar-refractivity contribution is 0.0959. The van der Waals surface area contributed by atoms with Gasteiger partial charge in [0.2, 0.25) is 0 Å². The molecule has 0 spiro atoms. The van der Waals surface area contributed by atoms with Crippen molar-refractivity contribution in [2.45, 2.75) is 32.1 Å². The Labute approximate surface area is 106 Å². The van der Waals surface area contributed by atoms with Gasteiger partial charge in [0.25, 0.3) is 0 Å². The molecule has 94 valence electrons. The van der Waals surface area contributed by atoms with Gasteiger partial charge in [0.05, 0.1) is 24.8 Å². The minimum Gasteiger partial charge on any atom is -0.485 e. The minimum absolute atomic E-state index is 0.0191. The van der Waals surface area contributed by atoms with Gasteiger partial charge in [-0.15, -0.1) is 0 Å². The van der Waals surface area contributed by atoms with Gasteiger partial charge in [0, 0.05) is 5.56 Å². The Kier molecular flexibility index (Phi) is 2.41. The van der Waals surface area contributed by atoms with Crippen LogP contribution in [0.2, 0.25) is 0 Å². The molecule has 1 aliphatic rings. The number of para-hydroxylation sites is 1. The highest BCUT2D eigenvalue weighted by Gasteiger charge is 2.42. The number of aromatic nitrogens is 2. The highest BCUT2D eigenvalue weighted by Crippen LogP contribution is 2.45. The number of hydrogen-bond acceptors (Lipinski definition) is 3. The average Bonchev–Trinajstić information content (AvgIpc) is 2.87. The van der Waals surface area contributed by atoms with Crippen molar-refractivity contribution >= 4 is 0 Å². The molecule has 1 atom stereocenters. The van der Waals surface area contributed by atoms with Gasteiger partial charge in [-0.3, -0.25) is 0 Å². The highest BCUT2D eigenvalue weighted by atomic mass is 16.5. The van der Waals surface area contributed by atoms with E-state index in [4.69, 9.17) is 4.74 Å². The largest absolute Gasteiger partial charge is 0.485 e. The summed E-state index contributed by atoms with van der Waals surface area (Å²) in [4.78, 5) is 4.12. The summed E-state index contributed by atoms with van der Waals surface area (Å²) in [6.07, 6.45) is 3.44. The summed E-state index contributed by atoms with van der Waals surface area (Å²) >= 11 is 0. The number of nitrogens with zero attached hydrogens (tertiary/aromatic N) is 2. The van der Waals surface area contributed by atoms with Gasteiger partial charge in [-0.1, -0.05) is 18.2 Å². The second-order valence-corrected chi connectivity index (χ2v) is 5.10. The smallest absolute Gasteiger partial charge is 0.128 e. The van der Waals surface area contributed by atoms with E-state index in [0.717, 1.165) is 17.0 Å². The Morgan fingerprint density at radius 1 is 1.39 bits per heavy atom. The summed E-state index contributed by atoms with van der Waals surface area (Å²) < 4.78 is 7.99. The van der Waals surface area contributed by atoms with Crippen molar-refractivity contribution in [1.82, 2.24) is 9.55 Å². The number of ether oxygens (including phenoxy) is 1. The van der Waals surface area contributed by atoms with E-state index in [9.17, 15) is 5.11 Å². The van der Waals surface area contributed by atoms with E-state index in [2.05, 4.69) is 24.9 Å². The molecule has 2 aromatic rings. The Hall–Kier alpha value is -1.81. The lowest BCUT2D eigenvalue weighted by Crippen LogP contribution is -2.35. The van der Waals surface area contributed by atoms with E-state index in [1.165, 1.54) is 0 Å². The molecule has 1 aromatic heterocycles. The fraction of sp³-hybridized carbons (Fsp3) is 0.357. The molecular formula is C14H16N2O2. The normalized spacial score (nSPS) is 20.5. The van der Waals surface area contributed by atoms with Gasteiger partial charge in [0.1, 0.15) is 17.4 Å². The Morgan fingerprint density at radius 2 is 2.17 bits per heavy atom. The van der Waals surface area contributed by atoms with Crippen molar-refractivity contribution in [3.05, 3.63) is 48.0 Å². The fourth-order valence-electron chi connectivity index (χ4n) is 2.68. The fourth-order valence-corrected chi connectivity index (χ4v) is 2.68. The summed E-state index contributed by atoms with van der Waals surface area (Å²) in [7, 11) is 0. The topological polar surface area (TPSA) is 47.3 Å². The van der Waals surface area contributed by atoms with Crippen LogP contribution in [0.15, 0.2) is 36.8 Å². The van der Waals surface area contributed by atoms with Gasteiger partial charge in [0.15, 0.2) is 0 Å². The molecule has 4 nitrogen and oxygen atoms in total. The molecule has 0 aliphatic carbocycles. The molecule has 0 radical (unpaired) electrons. The van der Waals surface area contributed by atoms with Crippen molar-refractivity contribution in [1.29, 1.82) is 0 Å². The van der Waals surface area contributed by atoms with E-state index in [1.807, 2.05) is 22.8 Å². The van der Waals surface area contributed by atoms with Crippen LogP contribution < -0.4 is 4.74 Å². The molecular weight excluding hydrogens is 228 g/mol. The Bertz CT molecular complexity index is 575. The van der Waals surface area contributed by atoms with E-state index in [0.29, 0.717) is 0 Å². The third-order valence-corrected chi connectivity index (χ3v) is 3.43. The molecule has 0 unspecified atom stereocenters. The first-order valence-electron chi connectivity index (χ1n) is 6.03. The zero-order valence-corrected chi connectivity index (χ0v) is 10.5. The van der Waals surface area contributed by atoms with E-state index in [-0.39, 0.29) is 18.2 Å². The summed E-state index contributed by atoms with van der Waals surface area (Å²) in [6.45, 7) is 4.09. The van der Waals surface area contributed by atoms with Gasteiger partial charge in [-0.05, 0) is 19.9 Å². The number of fused-ring (bicyclic) bond motifs is 1. The Balaban J connectivity index is 2.15. The summed E-state index contributed by atoms with van der Waals surface area (Å²) in [5.41, 5.74) is 1.58. The average molecular weight is 244 g/mol. The Morgan fingerprint density at radius 3 is 2.94 bits per heavy atom. The molecule has 18 heavy (non-hydrogen) atoms. The number of imidazole rings is 1. The first-order valence-corrected chi connectivity index (χ1v) is 6.03. The van der Waals surface area contributed by atoms with Crippen molar-refractivity contribution in [3.63, 3.8) is 0 Å². The second kappa shape index (κ2) is 3.85. The molecule has 3 rings (SSSR count). The summed E-state index contributed by atoms with van der Waals surface area (Å²) in [6, 6.07) is 8.06. The number of benzene rings is 1. The number of aliphatic hydroxyl groups is 1. The van der Waals surface area contributed by atoms with Crippen LogP contribution in [0.4, 0.5) is 0 Å². The molecule has 0 saturated heterocycles. The molecule has 0 amide bonds. The van der Waals surface area contributed by atoms with Crippen LogP contribution in [0, 0.1) is 0 Å². The zero-order chi connectivity index (χ0) is 12.8. The second-order valence-electron chi connectivity index (χ2n) is 5.10. The third kappa shape index (κ3) is 1.53. The lowest BCUT2D eigenvalue weighted by Gasteiger charge is -2.28. The zero-order valence-electron chi connectivity index (χ0n) is 10.5. The minimum atomic E-state index is -0.353. The first kappa shape index (κ1) is 11.3. The molecule has 1 N–H and O–H groups in total. The number of aliphatic hydroxyl groups excluding tert-OH is 1. The SMILES string of the molecule is CC1(C)Oc2ccccc2[C@@H]1n1cncc1CO. The van der Waals surface area contributed by atoms with Crippen LogP contribution in [0.25, 0.3) is 0 Å². The molecule has 4 heteroatoms. The summed E-state index contributed by atoms with van der Waals surface area (Å²) in [5, 5.41) is 9.38. The van der Waals surface area contributed by atoms with Crippen molar-refractivity contribution in [2.24, 2.45) is 0 Å². The standard InChI is InChI=1S/C14H16N2O2/c1-14(2)13(16-9-15-7-10(16)8-17)11-5-3-4-6-12(11)18-14/h3-7,9,13,17H,8H2,1-2H3/t13-/m0/s1. The van der Waals surface area contributed by atoms with Crippen LogP contribution >= 0.6 is 0 Å². The van der Waals surface area contributed by atoms with Crippen LogP contribution in [0.1, 0.15) is 31.1 Å². The van der Waals surface area contributed by atoms with E-state index in [1.54, 1.807) is 12.5 Å². The molecule has 1 aliphatic heterocycles. The maximum Gasteiger partial charge on any atom is 0.128 e. The molecule has 0 saturated carbocycles. The van der Waals surface area contributed by atoms with E-state index >= 15 is 0 Å². The highest BCUT2D eigenvalue weighted by molar-refractivity contribution is 5.43.